The molecule has 0 radical (unpaired) electrons. The minimum absolute atomic E-state index is 0.117. The monoisotopic (exact) mass is 268 g/mol. The third-order valence-corrected chi connectivity index (χ3v) is 8.82. The maximum Gasteiger partial charge on any atom is 0.192 e. The quantitative estimate of drug-likeness (QED) is 0.833. The molecule has 0 fully saturated rings. The van der Waals surface area contributed by atoms with Gasteiger partial charge in [-0.3, -0.25) is 0 Å². The van der Waals surface area contributed by atoms with Crippen molar-refractivity contribution in [2.45, 2.75) is 64.0 Å². The summed E-state index contributed by atoms with van der Waals surface area (Å²) in [6.07, 6.45) is 2.76. The van der Waals surface area contributed by atoms with Gasteiger partial charge < -0.3 is 13.9 Å². The fourth-order valence-corrected chi connectivity index (χ4v) is 3.54. The van der Waals surface area contributed by atoms with Crippen LogP contribution in [-0.4, -0.2) is 19.5 Å². The molecule has 0 amide bonds. The molecule has 0 bridgehead atoms. The molecule has 0 saturated carbocycles. The van der Waals surface area contributed by atoms with Crippen LogP contribution in [0.15, 0.2) is 16.7 Å². The van der Waals surface area contributed by atoms with Crippen LogP contribution in [0.3, 0.4) is 0 Å². The molecule has 18 heavy (non-hydrogen) atoms. The Morgan fingerprint density at radius 1 is 1.39 bits per heavy atom. The summed E-state index contributed by atoms with van der Waals surface area (Å²) >= 11 is 0. The summed E-state index contributed by atoms with van der Waals surface area (Å²) in [6.45, 7) is 11.2. The van der Waals surface area contributed by atoms with E-state index in [-0.39, 0.29) is 11.1 Å². The van der Waals surface area contributed by atoms with Crippen LogP contribution in [-0.2, 0) is 10.8 Å². The second kappa shape index (κ2) is 4.51. The Labute approximate surface area is 110 Å². The molecule has 2 rings (SSSR count). The Morgan fingerprint density at radius 2 is 2.06 bits per heavy atom. The molecule has 0 unspecified atom stereocenters. The van der Waals surface area contributed by atoms with Crippen molar-refractivity contribution in [2.24, 2.45) is 0 Å². The van der Waals surface area contributed by atoms with Gasteiger partial charge in [0.05, 0.1) is 12.4 Å². The third-order valence-electron chi connectivity index (χ3n) is 4.28. The summed E-state index contributed by atoms with van der Waals surface area (Å²) in [4.78, 5) is 0. The topological polar surface area (TPSA) is 42.6 Å². The van der Waals surface area contributed by atoms with Gasteiger partial charge in [0.25, 0.3) is 0 Å². The molecule has 0 aliphatic heterocycles. The van der Waals surface area contributed by atoms with Crippen molar-refractivity contribution in [3.8, 4) is 0 Å². The summed E-state index contributed by atoms with van der Waals surface area (Å²) in [5, 5.41) is 10.3. The van der Waals surface area contributed by atoms with Crippen LogP contribution in [0.5, 0.6) is 0 Å². The Hall–Kier alpha value is -0.583. The molecule has 0 aromatic carbocycles. The predicted octanol–water partition coefficient (Wildman–Crippen LogP) is 3.65. The molecule has 1 heterocycles. The van der Waals surface area contributed by atoms with Gasteiger partial charge in [0.15, 0.2) is 8.32 Å². The van der Waals surface area contributed by atoms with E-state index in [0.29, 0.717) is 6.42 Å². The van der Waals surface area contributed by atoms with E-state index in [2.05, 4.69) is 33.9 Å². The SMILES string of the molecule is CC(C)(C)[Si](C)(C)O[C@@H]1Cc2ccoc2[C@H](O)C1. The molecule has 1 aromatic heterocycles. The first-order chi connectivity index (χ1) is 8.21. The lowest BCUT2D eigenvalue weighted by Crippen LogP contribution is -2.45. The normalized spacial score (nSPS) is 25.0. The average molecular weight is 268 g/mol. The molecule has 1 aliphatic carbocycles. The number of rotatable bonds is 2. The number of hydrogen-bond acceptors (Lipinski definition) is 3. The van der Waals surface area contributed by atoms with Crippen LogP contribution in [0, 0.1) is 0 Å². The van der Waals surface area contributed by atoms with E-state index in [0.717, 1.165) is 17.7 Å². The van der Waals surface area contributed by atoms with E-state index in [4.69, 9.17) is 8.84 Å². The van der Waals surface area contributed by atoms with Gasteiger partial charge in [-0.1, -0.05) is 20.8 Å². The first-order valence-electron chi connectivity index (χ1n) is 6.63. The zero-order valence-corrected chi connectivity index (χ0v) is 13.0. The molecule has 3 nitrogen and oxygen atoms in total. The van der Waals surface area contributed by atoms with Crippen LogP contribution in [0.1, 0.15) is 44.6 Å². The zero-order valence-electron chi connectivity index (χ0n) is 12.0. The van der Waals surface area contributed by atoms with Gasteiger partial charge in [-0.2, -0.15) is 0 Å². The van der Waals surface area contributed by atoms with E-state index < -0.39 is 14.4 Å². The first-order valence-corrected chi connectivity index (χ1v) is 9.54. The molecule has 4 heteroatoms. The average Bonchev–Trinajstić information content (AvgIpc) is 2.63. The molecular formula is C14H24O3Si. The number of aliphatic hydroxyl groups excluding tert-OH is 1. The Bertz CT molecular complexity index is 417. The van der Waals surface area contributed by atoms with Crippen LogP contribution in [0.4, 0.5) is 0 Å². The number of hydrogen-bond donors (Lipinski definition) is 1. The fourth-order valence-electron chi connectivity index (χ4n) is 2.18. The minimum atomic E-state index is -1.76. The van der Waals surface area contributed by atoms with Crippen LogP contribution < -0.4 is 0 Å². The van der Waals surface area contributed by atoms with E-state index in [1.54, 1.807) is 6.26 Å². The van der Waals surface area contributed by atoms with Crippen molar-refractivity contribution in [3.63, 3.8) is 0 Å². The van der Waals surface area contributed by atoms with E-state index in [1.807, 2.05) is 6.07 Å². The molecule has 0 spiro atoms. The van der Waals surface area contributed by atoms with Crippen LogP contribution >= 0.6 is 0 Å². The smallest absolute Gasteiger partial charge is 0.192 e. The summed E-state index contributed by atoms with van der Waals surface area (Å²) in [6, 6.07) is 1.94. The van der Waals surface area contributed by atoms with E-state index in [1.165, 1.54) is 0 Å². The van der Waals surface area contributed by atoms with Gasteiger partial charge in [-0.25, -0.2) is 0 Å². The number of aliphatic hydroxyl groups is 1. The summed E-state index contributed by atoms with van der Waals surface area (Å²) < 4.78 is 11.7. The fraction of sp³-hybridized carbons (Fsp3) is 0.714. The molecule has 1 aromatic rings. The highest BCUT2D eigenvalue weighted by atomic mass is 28.4. The molecule has 0 saturated heterocycles. The second-order valence-electron chi connectivity index (χ2n) is 6.77. The highest BCUT2D eigenvalue weighted by molar-refractivity contribution is 6.74. The summed E-state index contributed by atoms with van der Waals surface area (Å²) in [5.74, 6) is 0.727. The second-order valence-corrected chi connectivity index (χ2v) is 11.5. The highest BCUT2D eigenvalue weighted by Gasteiger charge is 2.41. The van der Waals surface area contributed by atoms with E-state index >= 15 is 0 Å². The van der Waals surface area contributed by atoms with Crippen molar-refractivity contribution in [3.05, 3.63) is 23.7 Å². The van der Waals surface area contributed by atoms with Crippen LogP contribution in [0.2, 0.25) is 18.1 Å². The van der Waals surface area contributed by atoms with Crippen molar-refractivity contribution < 1.29 is 13.9 Å². The van der Waals surface area contributed by atoms with Gasteiger partial charge in [0.2, 0.25) is 0 Å². The van der Waals surface area contributed by atoms with Crippen molar-refractivity contribution >= 4 is 8.32 Å². The lowest BCUT2D eigenvalue weighted by atomic mass is 9.94. The Morgan fingerprint density at radius 3 is 2.67 bits per heavy atom. The zero-order chi connectivity index (χ0) is 13.6. The first kappa shape index (κ1) is 13.8. The molecule has 2 atom stereocenters. The maximum atomic E-state index is 10.1. The van der Waals surface area contributed by atoms with Gasteiger partial charge in [-0.15, -0.1) is 0 Å². The van der Waals surface area contributed by atoms with Crippen molar-refractivity contribution in [1.82, 2.24) is 0 Å². The lowest BCUT2D eigenvalue weighted by molar-refractivity contribution is 0.0590. The predicted molar refractivity (Wildman–Crippen MR) is 74.1 cm³/mol. The largest absolute Gasteiger partial charge is 0.466 e. The highest BCUT2D eigenvalue weighted by Crippen LogP contribution is 2.40. The molecule has 1 aliphatic rings. The molecule has 102 valence electrons. The van der Waals surface area contributed by atoms with Gasteiger partial charge in [0, 0.05) is 12.8 Å². The van der Waals surface area contributed by atoms with Crippen LogP contribution in [0.25, 0.3) is 0 Å². The van der Waals surface area contributed by atoms with Gasteiger partial charge in [0.1, 0.15) is 11.9 Å². The standard InChI is InChI=1S/C14H24O3Si/c1-14(2,3)18(4,5)17-11-8-10-6-7-16-13(10)12(15)9-11/h6-7,11-12,15H,8-9H2,1-5H3/t11-,12-/m1/s1. The number of furan rings is 1. The van der Waals surface area contributed by atoms with E-state index in [9.17, 15) is 5.11 Å². The Balaban J connectivity index is 2.10. The van der Waals surface area contributed by atoms with Crippen molar-refractivity contribution in [2.75, 3.05) is 0 Å². The van der Waals surface area contributed by atoms with Gasteiger partial charge in [-0.05, 0) is 29.8 Å². The third kappa shape index (κ3) is 2.55. The summed E-state index contributed by atoms with van der Waals surface area (Å²) in [7, 11) is -1.76. The molecule has 1 N–H and O–H groups in total. The number of fused-ring (bicyclic) bond motifs is 1. The molecular weight excluding hydrogens is 244 g/mol. The minimum Gasteiger partial charge on any atom is -0.466 e. The lowest BCUT2D eigenvalue weighted by Gasteiger charge is -2.40. The van der Waals surface area contributed by atoms with Crippen molar-refractivity contribution in [1.29, 1.82) is 0 Å². The maximum absolute atomic E-state index is 10.1. The van der Waals surface area contributed by atoms with Gasteiger partial charge >= 0.3 is 0 Å². The Kier molecular flexibility index (Phi) is 3.47. The summed E-state index contributed by atoms with van der Waals surface area (Å²) in [5.41, 5.74) is 1.09.